The topological polar surface area (TPSA) is 89.0 Å². The molecule has 7 heteroatoms. The average Bonchev–Trinajstić information content (AvgIpc) is 2.66. The van der Waals surface area contributed by atoms with Crippen molar-refractivity contribution in [3.63, 3.8) is 0 Å². The van der Waals surface area contributed by atoms with Gasteiger partial charge in [-0.15, -0.1) is 0 Å². The van der Waals surface area contributed by atoms with E-state index in [0.717, 1.165) is 11.8 Å². The molecule has 0 radical (unpaired) electrons. The molecule has 0 bridgehead atoms. The van der Waals surface area contributed by atoms with Crippen LogP contribution < -0.4 is 5.32 Å². The highest BCUT2D eigenvalue weighted by molar-refractivity contribution is 7.99. The molecule has 1 heterocycles. The zero-order chi connectivity index (χ0) is 19.4. The number of aromatic nitrogens is 2. The summed E-state index contributed by atoms with van der Waals surface area (Å²) in [6, 6.07) is 14.0. The molecule has 0 spiro atoms. The van der Waals surface area contributed by atoms with Gasteiger partial charge in [-0.1, -0.05) is 30.0 Å². The van der Waals surface area contributed by atoms with Crippen LogP contribution >= 0.6 is 11.8 Å². The van der Waals surface area contributed by atoms with Gasteiger partial charge in [0.15, 0.2) is 16.7 Å². The quantitative estimate of drug-likeness (QED) is 0.398. The molecule has 0 unspecified atom stereocenters. The zero-order valence-corrected chi connectivity index (χ0v) is 15.7. The molecule has 136 valence electrons. The highest BCUT2D eigenvalue weighted by atomic mass is 32.2. The van der Waals surface area contributed by atoms with Crippen LogP contribution in [0.4, 0.5) is 5.69 Å². The lowest BCUT2D eigenvalue weighted by Crippen LogP contribution is -2.14. The number of nitrogens with one attached hydrogen (secondary N) is 1. The molecule has 0 fully saturated rings. The first-order valence-electron chi connectivity index (χ1n) is 8.25. The smallest absolute Gasteiger partial charge is 0.234 e. The summed E-state index contributed by atoms with van der Waals surface area (Å²) in [5.41, 5.74) is 2.21. The largest absolute Gasteiger partial charge is 0.325 e. The third kappa shape index (κ3) is 4.57. The lowest BCUT2D eigenvalue weighted by molar-refractivity contribution is -0.113. The Morgan fingerprint density at radius 1 is 0.926 bits per heavy atom. The highest BCUT2D eigenvalue weighted by Crippen LogP contribution is 2.21. The summed E-state index contributed by atoms with van der Waals surface area (Å²) in [6.07, 6.45) is 0. The van der Waals surface area contributed by atoms with Gasteiger partial charge in [0.25, 0.3) is 0 Å². The van der Waals surface area contributed by atoms with Crippen molar-refractivity contribution in [3.8, 4) is 0 Å². The van der Waals surface area contributed by atoms with Gasteiger partial charge in [0, 0.05) is 23.6 Å². The summed E-state index contributed by atoms with van der Waals surface area (Å²) < 4.78 is 0. The number of rotatable bonds is 6. The van der Waals surface area contributed by atoms with Crippen molar-refractivity contribution in [1.29, 1.82) is 0 Å². The van der Waals surface area contributed by atoms with E-state index in [1.165, 1.54) is 13.8 Å². The van der Waals surface area contributed by atoms with Crippen molar-refractivity contribution in [2.24, 2.45) is 0 Å². The molecule has 1 aromatic heterocycles. The summed E-state index contributed by atoms with van der Waals surface area (Å²) in [5, 5.41) is 3.83. The predicted molar refractivity (Wildman–Crippen MR) is 105 cm³/mol. The summed E-state index contributed by atoms with van der Waals surface area (Å²) in [4.78, 5) is 44.0. The molecule has 3 aromatic rings. The number of thioether (sulfide) groups is 1. The Bertz CT molecular complexity index is 1030. The number of carbonyl (C=O) groups excluding carboxylic acids is 3. The van der Waals surface area contributed by atoms with E-state index in [-0.39, 0.29) is 23.2 Å². The van der Waals surface area contributed by atoms with E-state index < -0.39 is 0 Å². The standard InChI is InChI=1S/C20H17N3O3S/c1-12(24)14-7-9-15(10-8-14)21-18(26)11-27-20-22-17-6-4-3-5-16(17)19(23-20)13(2)25/h3-10H,11H2,1-2H3,(H,21,26). The van der Waals surface area contributed by atoms with Crippen molar-refractivity contribution in [2.45, 2.75) is 19.0 Å². The van der Waals surface area contributed by atoms with Gasteiger partial charge in [0.2, 0.25) is 5.91 Å². The average molecular weight is 379 g/mol. The lowest BCUT2D eigenvalue weighted by Gasteiger charge is -2.07. The minimum Gasteiger partial charge on any atom is -0.325 e. The molecule has 0 aliphatic rings. The van der Waals surface area contributed by atoms with Crippen LogP contribution in [0.3, 0.4) is 0 Å². The van der Waals surface area contributed by atoms with E-state index in [4.69, 9.17) is 0 Å². The van der Waals surface area contributed by atoms with E-state index in [0.29, 0.717) is 33.0 Å². The lowest BCUT2D eigenvalue weighted by atomic mass is 10.1. The van der Waals surface area contributed by atoms with Crippen molar-refractivity contribution < 1.29 is 14.4 Å². The van der Waals surface area contributed by atoms with Gasteiger partial charge < -0.3 is 5.32 Å². The zero-order valence-electron chi connectivity index (χ0n) is 14.9. The Hall–Kier alpha value is -3.06. The molecule has 0 saturated carbocycles. The van der Waals surface area contributed by atoms with Crippen LogP contribution in [0.25, 0.3) is 10.9 Å². The number of anilines is 1. The van der Waals surface area contributed by atoms with E-state index >= 15 is 0 Å². The first-order valence-corrected chi connectivity index (χ1v) is 9.24. The molecule has 27 heavy (non-hydrogen) atoms. The van der Waals surface area contributed by atoms with Crippen LogP contribution in [0.2, 0.25) is 0 Å². The second-order valence-corrected chi connectivity index (χ2v) is 6.84. The molecule has 1 amide bonds. The molecule has 2 aromatic carbocycles. The van der Waals surface area contributed by atoms with E-state index in [1.54, 1.807) is 30.3 Å². The summed E-state index contributed by atoms with van der Waals surface area (Å²) >= 11 is 1.16. The fourth-order valence-electron chi connectivity index (χ4n) is 2.50. The SMILES string of the molecule is CC(=O)c1ccc(NC(=O)CSc2nc(C(C)=O)c3ccccc3n2)cc1. The molecular formula is C20H17N3O3S. The maximum atomic E-state index is 12.2. The molecule has 1 N–H and O–H groups in total. The summed E-state index contributed by atoms with van der Waals surface area (Å²) in [7, 11) is 0. The van der Waals surface area contributed by atoms with Crippen LogP contribution in [0.5, 0.6) is 0 Å². The van der Waals surface area contributed by atoms with Gasteiger partial charge in [0.05, 0.1) is 11.3 Å². The van der Waals surface area contributed by atoms with Crippen molar-refractivity contribution in [1.82, 2.24) is 9.97 Å². The minimum atomic E-state index is -0.225. The van der Waals surface area contributed by atoms with Gasteiger partial charge in [-0.3, -0.25) is 14.4 Å². The van der Waals surface area contributed by atoms with Crippen LogP contribution in [0.15, 0.2) is 53.7 Å². The summed E-state index contributed by atoms with van der Waals surface area (Å²) in [6.45, 7) is 2.95. The van der Waals surface area contributed by atoms with Gasteiger partial charge in [-0.25, -0.2) is 9.97 Å². The normalized spacial score (nSPS) is 10.6. The Balaban J connectivity index is 1.69. The maximum Gasteiger partial charge on any atom is 0.234 e. The Morgan fingerprint density at radius 2 is 1.63 bits per heavy atom. The Kier molecular flexibility index (Phi) is 5.61. The van der Waals surface area contributed by atoms with E-state index in [2.05, 4.69) is 15.3 Å². The molecule has 0 atom stereocenters. The van der Waals surface area contributed by atoms with Crippen LogP contribution in [0, 0.1) is 0 Å². The number of fused-ring (bicyclic) bond motifs is 1. The van der Waals surface area contributed by atoms with Crippen LogP contribution in [-0.4, -0.2) is 33.2 Å². The second-order valence-electron chi connectivity index (χ2n) is 5.90. The number of ketones is 2. The third-order valence-corrected chi connectivity index (χ3v) is 4.67. The van der Waals surface area contributed by atoms with Crippen molar-refractivity contribution >= 4 is 45.8 Å². The number of carbonyl (C=O) groups is 3. The minimum absolute atomic E-state index is 0.0295. The fourth-order valence-corrected chi connectivity index (χ4v) is 3.15. The van der Waals surface area contributed by atoms with Gasteiger partial charge in [-0.2, -0.15) is 0 Å². The number of benzene rings is 2. The third-order valence-electron chi connectivity index (χ3n) is 3.82. The van der Waals surface area contributed by atoms with Gasteiger partial charge >= 0.3 is 0 Å². The molecular weight excluding hydrogens is 362 g/mol. The Labute approximate surface area is 160 Å². The van der Waals surface area contributed by atoms with Gasteiger partial charge in [-0.05, 0) is 37.3 Å². The van der Waals surface area contributed by atoms with Crippen molar-refractivity contribution in [3.05, 3.63) is 59.8 Å². The fraction of sp³-hybridized carbons (Fsp3) is 0.150. The second kappa shape index (κ2) is 8.09. The number of hydrogen-bond acceptors (Lipinski definition) is 6. The number of amides is 1. The highest BCUT2D eigenvalue weighted by Gasteiger charge is 2.13. The number of Topliss-reactive ketones (excluding diaryl/α,β-unsaturated/α-hetero) is 2. The monoisotopic (exact) mass is 379 g/mol. The molecule has 6 nitrogen and oxygen atoms in total. The van der Waals surface area contributed by atoms with E-state index in [9.17, 15) is 14.4 Å². The van der Waals surface area contributed by atoms with Gasteiger partial charge in [0.1, 0.15) is 5.69 Å². The molecule has 0 aliphatic heterocycles. The van der Waals surface area contributed by atoms with Crippen molar-refractivity contribution in [2.75, 3.05) is 11.1 Å². The molecule has 0 aliphatic carbocycles. The molecule has 0 saturated heterocycles. The number of para-hydroxylation sites is 1. The first kappa shape index (κ1) is 18.7. The number of hydrogen-bond donors (Lipinski definition) is 1. The molecule has 3 rings (SSSR count). The predicted octanol–water partition coefficient (Wildman–Crippen LogP) is 3.77. The number of nitrogens with zero attached hydrogens (tertiary/aromatic N) is 2. The van der Waals surface area contributed by atoms with Crippen LogP contribution in [0.1, 0.15) is 34.7 Å². The van der Waals surface area contributed by atoms with E-state index in [1.807, 2.05) is 18.2 Å². The Morgan fingerprint density at radius 3 is 2.30 bits per heavy atom. The van der Waals surface area contributed by atoms with Crippen LogP contribution in [-0.2, 0) is 4.79 Å². The maximum absolute atomic E-state index is 12.2. The summed E-state index contributed by atoms with van der Waals surface area (Å²) in [5.74, 6) is -0.301. The first-order chi connectivity index (χ1) is 12.9.